The number of ether oxygens (including phenoxy) is 1. The molecule has 20 heavy (non-hydrogen) atoms. The Morgan fingerprint density at radius 1 is 0.900 bits per heavy atom. The summed E-state index contributed by atoms with van der Waals surface area (Å²) < 4.78 is 5.08. The molecule has 6 heteroatoms. The second-order valence-corrected chi connectivity index (χ2v) is 14.8. The van der Waals surface area contributed by atoms with Gasteiger partial charge in [-0.15, -0.1) is 33.2 Å². The second kappa shape index (κ2) is 12.1. The van der Waals surface area contributed by atoms with Gasteiger partial charge < -0.3 is 4.74 Å². The zero-order valence-electron chi connectivity index (χ0n) is 12.6. The average Bonchev–Trinajstić information content (AvgIpc) is 2.29. The van der Waals surface area contributed by atoms with Gasteiger partial charge in [0.25, 0.3) is 0 Å². The van der Waals surface area contributed by atoms with Crippen molar-refractivity contribution < 1.29 is 9.53 Å². The van der Waals surface area contributed by atoms with E-state index >= 15 is 0 Å². The van der Waals surface area contributed by atoms with Gasteiger partial charge in [-0.3, -0.25) is 4.79 Å². The Hall–Kier alpha value is 0.557. The lowest BCUT2D eigenvalue weighted by Crippen LogP contribution is -2.10. The Bertz CT molecular complexity index is 255. The van der Waals surface area contributed by atoms with Gasteiger partial charge in [0.15, 0.2) is 0 Å². The van der Waals surface area contributed by atoms with Crippen molar-refractivity contribution in [2.45, 2.75) is 83.8 Å². The molecule has 0 saturated carbocycles. The Kier molecular flexibility index (Phi) is 12.5. The van der Waals surface area contributed by atoms with Gasteiger partial charge in [0, 0.05) is 6.42 Å². The summed E-state index contributed by atoms with van der Waals surface area (Å²) in [4.78, 5) is 11.3. The summed E-state index contributed by atoms with van der Waals surface area (Å²) in [5.41, 5.74) is 0. The van der Waals surface area contributed by atoms with E-state index in [2.05, 4.69) is 0 Å². The third-order valence-electron chi connectivity index (χ3n) is 2.96. The maximum Gasteiger partial charge on any atom is 0.341 e. The highest BCUT2D eigenvalue weighted by atomic mass is 35.8. The third kappa shape index (κ3) is 16.6. The van der Waals surface area contributed by atoms with Crippen LogP contribution in [0.5, 0.6) is 0 Å². The Morgan fingerprint density at radius 3 is 1.80 bits per heavy atom. The van der Waals surface area contributed by atoms with Gasteiger partial charge in [-0.2, -0.15) is 0 Å². The van der Waals surface area contributed by atoms with Gasteiger partial charge in [-0.25, -0.2) is 0 Å². The first-order valence-electron chi connectivity index (χ1n) is 7.57. The van der Waals surface area contributed by atoms with Gasteiger partial charge in [0.2, 0.25) is 0 Å². The summed E-state index contributed by atoms with van der Waals surface area (Å²) in [7, 11) is 0. The Labute approximate surface area is 138 Å². The van der Waals surface area contributed by atoms with E-state index in [0.717, 1.165) is 31.7 Å². The summed E-state index contributed by atoms with van der Waals surface area (Å²) in [6.07, 6.45) is 9.63. The molecule has 0 fully saturated rings. The fourth-order valence-corrected chi connectivity index (χ4v) is 3.83. The molecule has 0 saturated heterocycles. The van der Waals surface area contributed by atoms with E-state index in [0.29, 0.717) is 6.42 Å². The Balaban J connectivity index is 3.19. The van der Waals surface area contributed by atoms with Crippen LogP contribution in [0.25, 0.3) is 0 Å². The van der Waals surface area contributed by atoms with Crippen molar-refractivity contribution >= 4 is 45.2 Å². The lowest BCUT2D eigenvalue weighted by Gasteiger charge is -2.08. The first-order valence-corrected chi connectivity index (χ1v) is 12.8. The smallest absolute Gasteiger partial charge is 0.341 e. The fourth-order valence-electron chi connectivity index (χ4n) is 1.98. The molecule has 0 rings (SSSR count). The molecule has 2 nitrogen and oxygen atoms in total. The van der Waals surface area contributed by atoms with E-state index in [1.54, 1.807) is 0 Å². The molecule has 0 aromatic heterocycles. The van der Waals surface area contributed by atoms with Crippen molar-refractivity contribution in [3.8, 4) is 0 Å². The quantitative estimate of drug-likeness (QED) is 0.181. The fraction of sp³-hybridized carbons (Fsp3) is 0.929. The minimum Gasteiger partial charge on any atom is -0.463 e. The van der Waals surface area contributed by atoms with Crippen LogP contribution in [-0.4, -0.2) is 18.1 Å². The first-order chi connectivity index (χ1) is 9.31. The highest BCUT2D eigenvalue weighted by Crippen LogP contribution is 2.27. The maximum absolute atomic E-state index is 11.3. The number of esters is 1. The lowest BCUT2D eigenvalue weighted by molar-refractivity contribution is -0.147. The van der Waals surface area contributed by atoms with E-state index in [1.165, 1.54) is 25.7 Å². The molecular weight excluding hydrogens is 335 g/mol. The van der Waals surface area contributed by atoms with Crippen LogP contribution in [0.1, 0.15) is 71.6 Å². The molecule has 0 atom stereocenters. The van der Waals surface area contributed by atoms with Crippen LogP contribution in [-0.2, 0) is 9.53 Å². The van der Waals surface area contributed by atoms with Crippen LogP contribution in [0.4, 0.5) is 0 Å². The number of unbranched alkanes of at least 4 members (excludes halogenated alkanes) is 7. The molecular formula is C14H27Cl3O2Si. The van der Waals surface area contributed by atoms with E-state index in [4.69, 9.17) is 38.0 Å². The summed E-state index contributed by atoms with van der Waals surface area (Å²) >= 11 is 17.5. The molecule has 0 aromatic rings. The monoisotopic (exact) mass is 360 g/mol. The number of carbonyl (C=O) groups is 1. The lowest BCUT2D eigenvalue weighted by atomic mass is 10.1. The summed E-state index contributed by atoms with van der Waals surface area (Å²) in [6, 6.07) is -1.62. The van der Waals surface area contributed by atoms with Crippen molar-refractivity contribution in [2.75, 3.05) is 0 Å². The average molecular weight is 362 g/mol. The van der Waals surface area contributed by atoms with Crippen molar-refractivity contribution in [3.63, 3.8) is 0 Å². The van der Waals surface area contributed by atoms with Crippen LogP contribution in [0, 0.1) is 0 Å². The zero-order valence-corrected chi connectivity index (χ0v) is 15.9. The minimum atomic E-state index is -2.39. The molecule has 0 aliphatic carbocycles. The predicted octanol–water partition coefficient (Wildman–Crippen LogP) is 6.10. The third-order valence-corrected chi connectivity index (χ3v) is 5.58. The highest BCUT2D eigenvalue weighted by Gasteiger charge is 2.23. The van der Waals surface area contributed by atoms with Crippen molar-refractivity contribution in [1.82, 2.24) is 0 Å². The molecule has 0 radical (unpaired) electrons. The zero-order chi connectivity index (χ0) is 15.4. The van der Waals surface area contributed by atoms with Gasteiger partial charge in [-0.1, -0.05) is 44.9 Å². The number of carbonyl (C=O) groups excluding carboxylic acids is 1. The highest BCUT2D eigenvalue weighted by molar-refractivity contribution is 7.64. The topological polar surface area (TPSA) is 26.3 Å². The van der Waals surface area contributed by atoms with Gasteiger partial charge in [0.05, 0.1) is 6.10 Å². The SMILES string of the molecule is CC(C)OC(=O)CCCCCCCCCC[Si](Cl)(Cl)Cl. The molecule has 0 bridgehead atoms. The van der Waals surface area contributed by atoms with Crippen LogP contribution < -0.4 is 0 Å². The van der Waals surface area contributed by atoms with E-state index in [-0.39, 0.29) is 12.1 Å². The molecule has 0 heterocycles. The summed E-state index contributed by atoms with van der Waals surface area (Å²) in [5, 5.41) is 0. The largest absolute Gasteiger partial charge is 0.463 e. The maximum atomic E-state index is 11.3. The van der Waals surface area contributed by atoms with E-state index < -0.39 is 6.00 Å². The summed E-state index contributed by atoms with van der Waals surface area (Å²) in [5.74, 6) is -0.0733. The number of halogens is 3. The second-order valence-electron chi connectivity index (χ2n) is 5.48. The molecule has 0 amide bonds. The molecule has 0 N–H and O–H groups in total. The van der Waals surface area contributed by atoms with E-state index in [9.17, 15) is 4.79 Å². The number of hydrogen-bond acceptors (Lipinski definition) is 2. The molecule has 0 aliphatic rings. The van der Waals surface area contributed by atoms with Crippen LogP contribution in [0.15, 0.2) is 0 Å². The number of rotatable bonds is 12. The first kappa shape index (κ1) is 20.6. The molecule has 0 aromatic carbocycles. The van der Waals surface area contributed by atoms with Crippen molar-refractivity contribution in [1.29, 1.82) is 0 Å². The van der Waals surface area contributed by atoms with Crippen LogP contribution in [0.3, 0.4) is 0 Å². The predicted molar refractivity (Wildman–Crippen MR) is 90.9 cm³/mol. The van der Waals surface area contributed by atoms with Crippen LogP contribution >= 0.6 is 33.2 Å². The molecule has 0 spiro atoms. The number of hydrogen-bond donors (Lipinski definition) is 0. The molecule has 120 valence electrons. The normalized spacial score (nSPS) is 11.9. The van der Waals surface area contributed by atoms with E-state index in [1.807, 2.05) is 13.8 Å². The van der Waals surface area contributed by atoms with Crippen LogP contribution in [0.2, 0.25) is 6.04 Å². The Morgan fingerprint density at radius 2 is 1.35 bits per heavy atom. The van der Waals surface area contributed by atoms with Gasteiger partial charge in [-0.05, 0) is 26.3 Å². The standard InChI is InChI=1S/C14H27Cl3O2Si/c1-13(2)19-14(18)11-9-7-5-3-4-6-8-10-12-20(15,16)17/h13H,3-12H2,1-2H3. The molecule has 0 aliphatic heterocycles. The van der Waals surface area contributed by atoms with Gasteiger partial charge in [0.1, 0.15) is 0 Å². The van der Waals surface area contributed by atoms with Crippen molar-refractivity contribution in [3.05, 3.63) is 0 Å². The summed E-state index contributed by atoms with van der Waals surface area (Å²) in [6.45, 7) is 3.76. The van der Waals surface area contributed by atoms with Crippen molar-refractivity contribution in [2.24, 2.45) is 0 Å². The molecule has 0 unspecified atom stereocenters. The minimum absolute atomic E-state index is 0.00161. The van der Waals surface area contributed by atoms with Gasteiger partial charge >= 0.3 is 12.0 Å².